The van der Waals surface area contributed by atoms with E-state index in [9.17, 15) is 8.42 Å². The summed E-state index contributed by atoms with van der Waals surface area (Å²) in [5.41, 5.74) is 0. The van der Waals surface area contributed by atoms with Crippen LogP contribution < -0.4 is 19.5 Å². The summed E-state index contributed by atoms with van der Waals surface area (Å²) in [6.45, 7) is 0. The van der Waals surface area contributed by atoms with Crippen LogP contribution in [0.25, 0.3) is 0 Å². The van der Waals surface area contributed by atoms with Gasteiger partial charge in [-0.1, -0.05) is 18.2 Å². The number of benzene rings is 1. The minimum atomic E-state index is -3.80. The second-order valence-corrected chi connectivity index (χ2v) is 6.10. The fourth-order valence-corrected chi connectivity index (χ4v) is 2.83. The Hall–Kier alpha value is -2.53. The summed E-state index contributed by atoms with van der Waals surface area (Å²) >= 11 is 4.96. The van der Waals surface area contributed by atoms with E-state index >= 15 is 0 Å². The van der Waals surface area contributed by atoms with E-state index in [4.69, 9.17) is 21.7 Å². The SMILES string of the molecule is COc1nc(NC(=S)NS(=O)(=O)c2ccccc2)nc(OC)n1. The zero-order valence-corrected chi connectivity index (χ0v) is 13.8. The summed E-state index contributed by atoms with van der Waals surface area (Å²) < 4.78 is 36.3. The van der Waals surface area contributed by atoms with Gasteiger partial charge in [-0.2, -0.15) is 9.97 Å². The summed E-state index contributed by atoms with van der Waals surface area (Å²) in [4.78, 5) is 11.7. The minimum Gasteiger partial charge on any atom is -0.467 e. The van der Waals surface area contributed by atoms with Crippen molar-refractivity contribution in [3.8, 4) is 12.0 Å². The number of nitrogens with one attached hydrogen (secondary N) is 2. The van der Waals surface area contributed by atoms with Gasteiger partial charge in [0, 0.05) is 0 Å². The van der Waals surface area contributed by atoms with Gasteiger partial charge in [-0.25, -0.2) is 8.42 Å². The van der Waals surface area contributed by atoms with E-state index in [1.807, 2.05) is 0 Å². The van der Waals surface area contributed by atoms with Gasteiger partial charge in [0.2, 0.25) is 5.95 Å². The van der Waals surface area contributed by atoms with Crippen molar-refractivity contribution in [2.75, 3.05) is 19.5 Å². The number of hydrogen-bond acceptors (Lipinski definition) is 8. The number of hydrogen-bond donors (Lipinski definition) is 2. The molecule has 2 rings (SSSR count). The van der Waals surface area contributed by atoms with E-state index in [2.05, 4.69) is 25.0 Å². The topological polar surface area (TPSA) is 115 Å². The monoisotopic (exact) mass is 355 g/mol. The van der Waals surface area contributed by atoms with Crippen LogP contribution in [0.15, 0.2) is 35.2 Å². The van der Waals surface area contributed by atoms with Crippen LogP contribution in [-0.4, -0.2) is 42.7 Å². The molecule has 0 aliphatic heterocycles. The molecule has 0 bridgehead atoms. The molecule has 0 saturated heterocycles. The zero-order valence-electron chi connectivity index (χ0n) is 12.2. The second kappa shape index (κ2) is 7.15. The first-order valence-corrected chi connectivity index (χ1v) is 8.06. The standard InChI is InChI=1S/C12H13N5O4S2/c1-20-10-13-9(14-11(16-10)21-2)15-12(22)17-23(18,19)8-6-4-3-5-7-8/h3-7H,1-2H3,(H2,13,14,15,16,17,22). The lowest BCUT2D eigenvalue weighted by molar-refractivity contribution is 0.341. The highest BCUT2D eigenvalue weighted by Crippen LogP contribution is 2.12. The summed E-state index contributed by atoms with van der Waals surface area (Å²) in [5.74, 6) is -0.0190. The summed E-state index contributed by atoms with van der Waals surface area (Å²) in [6.07, 6.45) is 0. The van der Waals surface area contributed by atoms with E-state index in [0.717, 1.165) is 0 Å². The molecule has 2 N–H and O–H groups in total. The Labute approximate surface area is 138 Å². The van der Waals surface area contributed by atoms with Crippen molar-refractivity contribution in [2.24, 2.45) is 0 Å². The Balaban J connectivity index is 2.14. The van der Waals surface area contributed by atoms with Crippen LogP contribution in [0.2, 0.25) is 0 Å². The van der Waals surface area contributed by atoms with Crippen LogP contribution in [0.3, 0.4) is 0 Å². The number of aromatic nitrogens is 3. The highest BCUT2D eigenvalue weighted by Gasteiger charge is 2.16. The molecule has 0 saturated carbocycles. The van der Waals surface area contributed by atoms with Crippen LogP contribution in [0.4, 0.5) is 5.95 Å². The third-order valence-corrected chi connectivity index (χ3v) is 4.16. The van der Waals surface area contributed by atoms with Gasteiger partial charge in [-0.05, 0) is 24.4 Å². The van der Waals surface area contributed by atoms with E-state index in [1.165, 1.54) is 26.4 Å². The van der Waals surface area contributed by atoms with Crippen molar-refractivity contribution >= 4 is 33.3 Å². The van der Waals surface area contributed by atoms with Gasteiger partial charge < -0.3 is 14.8 Å². The molecule has 23 heavy (non-hydrogen) atoms. The normalized spacial score (nSPS) is 10.7. The van der Waals surface area contributed by atoms with Crippen LogP contribution >= 0.6 is 12.2 Å². The Bertz CT molecular complexity index is 776. The molecule has 0 unspecified atom stereocenters. The molecule has 0 radical (unpaired) electrons. The Morgan fingerprint density at radius 2 is 1.61 bits per heavy atom. The number of anilines is 1. The molecule has 0 atom stereocenters. The second-order valence-electron chi connectivity index (χ2n) is 4.01. The highest BCUT2D eigenvalue weighted by molar-refractivity contribution is 7.92. The van der Waals surface area contributed by atoms with Gasteiger partial charge in [-0.3, -0.25) is 4.72 Å². The average molecular weight is 355 g/mol. The van der Waals surface area contributed by atoms with E-state index in [-0.39, 0.29) is 28.0 Å². The van der Waals surface area contributed by atoms with Crippen molar-refractivity contribution in [3.05, 3.63) is 30.3 Å². The van der Waals surface area contributed by atoms with Crippen LogP contribution in [-0.2, 0) is 10.0 Å². The van der Waals surface area contributed by atoms with Gasteiger partial charge in [0.05, 0.1) is 19.1 Å². The molecule has 0 amide bonds. The van der Waals surface area contributed by atoms with Crippen molar-refractivity contribution in [3.63, 3.8) is 0 Å². The molecule has 0 fully saturated rings. The maximum absolute atomic E-state index is 12.1. The highest BCUT2D eigenvalue weighted by atomic mass is 32.2. The number of nitrogens with zero attached hydrogens (tertiary/aromatic N) is 3. The molecule has 0 spiro atoms. The zero-order chi connectivity index (χ0) is 16.9. The van der Waals surface area contributed by atoms with Crippen molar-refractivity contribution in [1.29, 1.82) is 0 Å². The van der Waals surface area contributed by atoms with Gasteiger partial charge in [0.25, 0.3) is 10.0 Å². The first-order chi connectivity index (χ1) is 10.9. The molecule has 2 aromatic rings. The van der Waals surface area contributed by atoms with Crippen molar-refractivity contribution in [1.82, 2.24) is 19.7 Å². The molecule has 11 heteroatoms. The van der Waals surface area contributed by atoms with Crippen molar-refractivity contribution < 1.29 is 17.9 Å². The molecule has 1 aromatic carbocycles. The lowest BCUT2D eigenvalue weighted by Crippen LogP contribution is -2.34. The van der Waals surface area contributed by atoms with E-state index in [1.54, 1.807) is 18.2 Å². The van der Waals surface area contributed by atoms with Gasteiger partial charge in [0.1, 0.15) is 0 Å². The quantitative estimate of drug-likeness (QED) is 0.742. The van der Waals surface area contributed by atoms with Gasteiger partial charge in [-0.15, -0.1) is 4.98 Å². The fourth-order valence-electron chi connectivity index (χ4n) is 1.48. The largest absolute Gasteiger partial charge is 0.467 e. The van der Waals surface area contributed by atoms with Crippen molar-refractivity contribution in [2.45, 2.75) is 4.90 Å². The predicted molar refractivity (Wildman–Crippen MR) is 85.9 cm³/mol. The Morgan fingerprint density at radius 3 is 2.13 bits per heavy atom. The first kappa shape index (κ1) is 16.8. The first-order valence-electron chi connectivity index (χ1n) is 6.17. The fraction of sp³-hybridized carbons (Fsp3) is 0.167. The lowest BCUT2D eigenvalue weighted by Gasteiger charge is -2.11. The lowest BCUT2D eigenvalue weighted by atomic mass is 10.4. The summed E-state index contributed by atoms with van der Waals surface area (Å²) in [6, 6.07) is 7.79. The third kappa shape index (κ3) is 4.47. The van der Waals surface area contributed by atoms with Crippen LogP contribution in [0.5, 0.6) is 12.0 Å². The molecular weight excluding hydrogens is 342 g/mol. The summed E-state index contributed by atoms with van der Waals surface area (Å²) in [5, 5.41) is 2.33. The number of thiocarbonyl (C=S) groups is 1. The van der Waals surface area contributed by atoms with E-state index < -0.39 is 10.0 Å². The minimum absolute atomic E-state index is 0.00642. The third-order valence-electron chi connectivity index (χ3n) is 2.47. The smallest absolute Gasteiger partial charge is 0.324 e. The summed E-state index contributed by atoms with van der Waals surface area (Å²) in [7, 11) is -1.06. The van der Waals surface area contributed by atoms with Gasteiger partial charge >= 0.3 is 12.0 Å². The van der Waals surface area contributed by atoms with Crippen LogP contribution in [0, 0.1) is 0 Å². The Kier molecular flexibility index (Phi) is 5.24. The average Bonchev–Trinajstić information content (AvgIpc) is 2.54. The molecule has 1 heterocycles. The number of rotatable bonds is 5. The number of ether oxygens (including phenoxy) is 2. The maximum Gasteiger partial charge on any atom is 0.324 e. The number of methoxy groups -OCH3 is 2. The molecular formula is C12H13N5O4S2. The molecule has 1 aromatic heterocycles. The molecule has 0 aliphatic rings. The predicted octanol–water partition coefficient (Wildman–Crippen LogP) is 0.564. The maximum atomic E-state index is 12.1. The van der Waals surface area contributed by atoms with Gasteiger partial charge in [0.15, 0.2) is 5.11 Å². The molecule has 9 nitrogen and oxygen atoms in total. The van der Waals surface area contributed by atoms with E-state index in [0.29, 0.717) is 0 Å². The number of sulfonamides is 1. The Morgan fingerprint density at radius 1 is 1.04 bits per heavy atom. The molecule has 122 valence electrons. The molecule has 0 aliphatic carbocycles. The van der Waals surface area contributed by atoms with Crippen LogP contribution in [0.1, 0.15) is 0 Å².